The van der Waals surface area contributed by atoms with E-state index in [0.717, 1.165) is 31.9 Å². The number of benzene rings is 1. The molecule has 20 heavy (non-hydrogen) atoms. The largest absolute Gasteiger partial charge is 0.369 e. The standard InChI is InChI=1S/C17H21FN2/c1-2-19-10-14-9-17(14,12-19)13-3-5-16(6-4-13)20-8-7-15(18)11-20/h3-6,9,15H,2,7-8,10-12H2,1H3. The van der Waals surface area contributed by atoms with Gasteiger partial charge >= 0.3 is 0 Å². The minimum atomic E-state index is -0.655. The van der Waals surface area contributed by atoms with E-state index in [2.05, 4.69) is 47.1 Å². The molecule has 0 radical (unpaired) electrons. The molecular formula is C17H21FN2. The fourth-order valence-electron chi connectivity index (χ4n) is 3.75. The lowest BCUT2D eigenvalue weighted by Gasteiger charge is -2.21. The average Bonchev–Trinajstić information content (AvgIpc) is 2.85. The molecule has 0 bridgehead atoms. The molecule has 2 saturated heterocycles. The average molecular weight is 272 g/mol. The SMILES string of the molecule is CCN1CC2=CC2(c2ccc(N3CCC(F)C3)cc2)C1. The fourth-order valence-corrected chi connectivity index (χ4v) is 3.75. The maximum absolute atomic E-state index is 13.3. The second kappa shape index (κ2) is 4.32. The number of fused-ring (bicyclic) bond motifs is 1. The van der Waals surface area contributed by atoms with E-state index in [4.69, 9.17) is 0 Å². The summed E-state index contributed by atoms with van der Waals surface area (Å²) in [4.78, 5) is 4.65. The molecule has 3 aliphatic rings. The van der Waals surface area contributed by atoms with Crippen LogP contribution in [0.5, 0.6) is 0 Å². The van der Waals surface area contributed by atoms with Gasteiger partial charge in [-0.05, 0) is 36.2 Å². The van der Waals surface area contributed by atoms with Gasteiger partial charge in [0.15, 0.2) is 0 Å². The van der Waals surface area contributed by atoms with Crippen molar-refractivity contribution in [3.05, 3.63) is 41.5 Å². The second-order valence-corrected chi connectivity index (χ2v) is 6.32. The van der Waals surface area contributed by atoms with Crippen molar-refractivity contribution in [1.82, 2.24) is 4.90 Å². The lowest BCUT2D eigenvalue weighted by molar-refractivity contribution is 0.340. The summed E-state index contributed by atoms with van der Waals surface area (Å²) in [6.07, 6.45) is 2.43. The molecule has 106 valence electrons. The number of rotatable bonds is 3. The number of hydrogen-bond donors (Lipinski definition) is 0. The molecule has 2 fully saturated rings. The number of likely N-dealkylation sites (tertiary alicyclic amines) is 1. The predicted octanol–water partition coefficient (Wildman–Crippen LogP) is 2.75. The topological polar surface area (TPSA) is 6.48 Å². The van der Waals surface area contributed by atoms with Crippen molar-refractivity contribution in [1.29, 1.82) is 0 Å². The zero-order valence-electron chi connectivity index (χ0n) is 12.0. The molecule has 2 atom stereocenters. The zero-order valence-corrected chi connectivity index (χ0v) is 12.0. The quantitative estimate of drug-likeness (QED) is 0.781. The first-order chi connectivity index (χ1) is 9.71. The molecule has 2 unspecified atom stereocenters. The third kappa shape index (κ3) is 1.80. The van der Waals surface area contributed by atoms with Crippen molar-refractivity contribution in [2.45, 2.75) is 24.9 Å². The number of likely N-dealkylation sites (N-methyl/N-ethyl adjacent to an activating group) is 1. The van der Waals surface area contributed by atoms with Crippen LogP contribution >= 0.6 is 0 Å². The minimum Gasteiger partial charge on any atom is -0.369 e. The van der Waals surface area contributed by atoms with Gasteiger partial charge in [0, 0.05) is 37.3 Å². The smallest absolute Gasteiger partial charge is 0.119 e. The molecule has 1 aromatic rings. The summed E-state index contributed by atoms with van der Waals surface area (Å²) in [5.41, 5.74) is 4.39. The van der Waals surface area contributed by atoms with Crippen molar-refractivity contribution in [2.24, 2.45) is 0 Å². The Morgan fingerprint density at radius 1 is 1.30 bits per heavy atom. The molecule has 2 nitrogen and oxygen atoms in total. The van der Waals surface area contributed by atoms with E-state index in [1.807, 2.05) is 0 Å². The van der Waals surface area contributed by atoms with Gasteiger partial charge in [-0.3, -0.25) is 4.90 Å². The van der Waals surface area contributed by atoms with Crippen molar-refractivity contribution < 1.29 is 4.39 Å². The van der Waals surface area contributed by atoms with Crippen LogP contribution < -0.4 is 4.90 Å². The molecule has 3 heteroatoms. The zero-order chi connectivity index (χ0) is 13.7. The van der Waals surface area contributed by atoms with Gasteiger partial charge in [-0.25, -0.2) is 4.39 Å². The van der Waals surface area contributed by atoms with Crippen LogP contribution in [-0.4, -0.2) is 43.8 Å². The lowest BCUT2D eigenvalue weighted by Crippen LogP contribution is -2.26. The molecule has 4 rings (SSSR count). The van der Waals surface area contributed by atoms with E-state index in [1.54, 1.807) is 5.57 Å². The van der Waals surface area contributed by atoms with Gasteiger partial charge in [0.25, 0.3) is 0 Å². The van der Waals surface area contributed by atoms with Crippen molar-refractivity contribution in [2.75, 3.05) is 37.6 Å². The molecule has 0 amide bonds. The van der Waals surface area contributed by atoms with Crippen molar-refractivity contribution >= 4 is 5.69 Å². The maximum Gasteiger partial charge on any atom is 0.119 e. The summed E-state index contributed by atoms with van der Waals surface area (Å²) in [6.45, 7) is 7.02. The summed E-state index contributed by atoms with van der Waals surface area (Å²) in [7, 11) is 0. The number of halogens is 1. The van der Waals surface area contributed by atoms with Crippen LogP contribution in [0.4, 0.5) is 10.1 Å². The molecule has 1 aromatic carbocycles. The van der Waals surface area contributed by atoms with Crippen LogP contribution in [0.1, 0.15) is 18.9 Å². The second-order valence-electron chi connectivity index (χ2n) is 6.32. The Balaban J connectivity index is 1.52. The van der Waals surface area contributed by atoms with E-state index in [9.17, 15) is 4.39 Å². The molecule has 0 aromatic heterocycles. The first kappa shape index (κ1) is 12.4. The molecule has 0 N–H and O–H groups in total. The third-order valence-corrected chi connectivity index (χ3v) is 5.10. The lowest BCUT2D eigenvalue weighted by atomic mass is 9.92. The summed E-state index contributed by atoms with van der Waals surface area (Å²) < 4.78 is 13.3. The number of alkyl halides is 1. The van der Waals surface area contributed by atoms with Crippen LogP contribution in [0.2, 0.25) is 0 Å². The first-order valence-electron chi connectivity index (χ1n) is 7.65. The van der Waals surface area contributed by atoms with Gasteiger partial charge < -0.3 is 4.90 Å². The summed E-state index contributed by atoms with van der Waals surface area (Å²) in [6, 6.07) is 8.81. The Morgan fingerprint density at radius 3 is 2.70 bits per heavy atom. The first-order valence-corrected chi connectivity index (χ1v) is 7.65. The van der Waals surface area contributed by atoms with Crippen molar-refractivity contribution in [3.63, 3.8) is 0 Å². The van der Waals surface area contributed by atoms with E-state index in [-0.39, 0.29) is 5.41 Å². The van der Waals surface area contributed by atoms with Crippen LogP contribution in [-0.2, 0) is 5.41 Å². The fraction of sp³-hybridized carbons (Fsp3) is 0.529. The predicted molar refractivity (Wildman–Crippen MR) is 80.0 cm³/mol. The highest BCUT2D eigenvalue weighted by atomic mass is 19.1. The van der Waals surface area contributed by atoms with Gasteiger partial charge in [0.05, 0.1) is 0 Å². The number of nitrogens with zero attached hydrogens (tertiary/aromatic N) is 2. The maximum atomic E-state index is 13.3. The molecule has 0 saturated carbocycles. The molecule has 2 aliphatic heterocycles. The molecule has 0 spiro atoms. The summed E-state index contributed by atoms with van der Waals surface area (Å²) >= 11 is 0. The Labute approximate surface area is 119 Å². The van der Waals surface area contributed by atoms with E-state index < -0.39 is 6.17 Å². The molecule has 1 aliphatic carbocycles. The minimum absolute atomic E-state index is 0.238. The van der Waals surface area contributed by atoms with Crippen LogP contribution in [0, 0.1) is 0 Å². The highest BCUT2D eigenvalue weighted by Crippen LogP contribution is 2.52. The monoisotopic (exact) mass is 272 g/mol. The number of anilines is 1. The number of hydrogen-bond acceptors (Lipinski definition) is 2. The third-order valence-electron chi connectivity index (χ3n) is 5.10. The van der Waals surface area contributed by atoms with E-state index in [1.165, 1.54) is 5.56 Å². The van der Waals surface area contributed by atoms with E-state index >= 15 is 0 Å². The van der Waals surface area contributed by atoms with Crippen LogP contribution in [0.3, 0.4) is 0 Å². The Morgan fingerprint density at radius 2 is 2.10 bits per heavy atom. The Hall–Kier alpha value is -1.35. The highest BCUT2D eigenvalue weighted by molar-refractivity contribution is 5.61. The Bertz CT molecular complexity index is 551. The van der Waals surface area contributed by atoms with Gasteiger partial charge in [0.2, 0.25) is 0 Å². The van der Waals surface area contributed by atoms with Gasteiger partial charge in [-0.2, -0.15) is 0 Å². The Kier molecular flexibility index (Phi) is 2.68. The highest BCUT2D eigenvalue weighted by Gasteiger charge is 2.51. The van der Waals surface area contributed by atoms with Crippen LogP contribution in [0.15, 0.2) is 35.9 Å². The van der Waals surface area contributed by atoms with Gasteiger partial charge in [0.1, 0.15) is 6.17 Å². The van der Waals surface area contributed by atoms with Gasteiger partial charge in [-0.15, -0.1) is 0 Å². The summed E-state index contributed by atoms with van der Waals surface area (Å²) in [5.74, 6) is 0. The summed E-state index contributed by atoms with van der Waals surface area (Å²) in [5, 5.41) is 0. The van der Waals surface area contributed by atoms with E-state index in [0.29, 0.717) is 13.0 Å². The molecular weight excluding hydrogens is 251 g/mol. The van der Waals surface area contributed by atoms with Gasteiger partial charge in [-0.1, -0.05) is 25.1 Å². The van der Waals surface area contributed by atoms with Crippen LogP contribution in [0.25, 0.3) is 0 Å². The normalized spacial score (nSPS) is 32.4. The van der Waals surface area contributed by atoms with Crippen molar-refractivity contribution in [3.8, 4) is 0 Å². The molecule has 2 heterocycles.